The topological polar surface area (TPSA) is 34.1 Å². The summed E-state index contributed by atoms with van der Waals surface area (Å²) in [6.07, 6.45) is 0. The van der Waals surface area contributed by atoms with E-state index < -0.39 is 82.0 Å². The second-order valence-corrected chi connectivity index (χ2v) is 18.6. The van der Waals surface area contributed by atoms with Gasteiger partial charge in [-0.05, 0) is 82.2 Å². The van der Waals surface area contributed by atoms with Gasteiger partial charge in [0, 0.05) is 67.2 Å². The zero-order valence-electron chi connectivity index (χ0n) is 28.6. The lowest BCUT2D eigenvalue weighted by molar-refractivity contribution is 0.577. The largest absolute Gasteiger partial charge is 0.309 e. The maximum Gasteiger partial charge on any atom is 0.172 e. The lowest BCUT2D eigenvalue weighted by Gasteiger charge is -2.28. The Morgan fingerprint density at radius 3 is 0.821 bits per heavy atom. The van der Waals surface area contributed by atoms with E-state index in [0.29, 0.717) is 45.8 Å². The van der Waals surface area contributed by atoms with Gasteiger partial charge in [0.2, 0.25) is 0 Å². The molecule has 0 aromatic heterocycles. The summed E-state index contributed by atoms with van der Waals surface area (Å²) in [7, 11) is -9.61. The van der Waals surface area contributed by atoms with Crippen molar-refractivity contribution in [2.24, 2.45) is 0 Å². The van der Waals surface area contributed by atoms with E-state index >= 15 is 44.3 Å². The molecule has 0 N–H and O–H groups in total. The molecule has 8 aromatic carbocycles. The van der Waals surface area contributed by atoms with Gasteiger partial charge in [-0.3, -0.25) is 0 Å². The molecule has 0 aliphatic heterocycles. The number of hydrogen-bond donors (Lipinski definition) is 0. The van der Waals surface area contributed by atoms with E-state index in [9.17, 15) is 0 Å². The van der Waals surface area contributed by atoms with Crippen LogP contribution in [0.25, 0.3) is 32.7 Å². The molecule has 0 unspecified atom stereocenters. The molecule has 0 radical (unpaired) electrons. The van der Waals surface area contributed by atoms with Gasteiger partial charge in [0.15, 0.2) is 14.3 Å². The van der Waals surface area contributed by atoms with E-state index in [4.69, 9.17) is 0 Å². The Hall–Kier alpha value is -5.82. The minimum absolute atomic E-state index is 0.00143. The summed E-state index contributed by atoms with van der Waals surface area (Å²) in [5, 5.41) is -0.772. The smallest absolute Gasteiger partial charge is 0.172 e. The molecule has 0 spiro atoms. The van der Waals surface area contributed by atoms with Crippen molar-refractivity contribution >= 4 is 67.7 Å². The molecule has 12 heteroatoms. The molecule has 0 bridgehead atoms. The Balaban J connectivity index is 1.62. The van der Waals surface area contributed by atoms with Crippen molar-refractivity contribution in [3.8, 4) is 11.1 Å². The Labute approximate surface area is 314 Å². The van der Waals surface area contributed by atoms with Crippen molar-refractivity contribution in [3.63, 3.8) is 0 Å². The van der Waals surface area contributed by atoms with Gasteiger partial charge in [-0.15, -0.1) is 0 Å². The lowest BCUT2D eigenvalue weighted by atomic mass is 9.93. The van der Waals surface area contributed by atoms with Crippen molar-refractivity contribution in [1.82, 2.24) is 0 Å². The van der Waals surface area contributed by atoms with Crippen LogP contribution in [0.2, 0.25) is 0 Å². The minimum atomic E-state index is -4.81. The van der Waals surface area contributed by atoms with Gasteiger partial charge in [0.25, 0.3) is 0 Å². The second kappa shape index (κ2) is 14.0. The highest BCUT2D eigenvalue weighted by Gasteiger charge is 2.40. The van der Waals surface area contributed by atoms with E-state index in [0.717, 1.165) is 48.5 Å². The van der Waals surface area contributed by atoms with Crippen molar-refractivity contribution in [3.05, 3.63) is 192 Å². The van der Waals surface area contributed by atoms with Gasteiger partial charge in [-0.2, -0.15) is 0 Å². The molecule has 0 amide bonds. The fourth-order valence-electron chi connectivity index (χ4n) is 7.31. The molecular weight excluding hydrogens is 774 g/mol. The van der Waals surface area contributed by atoms with Gasteiger partial charge in [-0.1, -0.05) is 60.7 Å². The molecule has 0 saturated heterocycles. The van der Waals surface area contributed by atoms with Crippen LogP contribution >= 0.6 is 14.3 Å². The van der Waals surface area contributed by atoms with Crippen LogP contribution in [-0.4, -0.2) is 0 Å². The van der Waals surface area contributed by atoms with Crippen LogP contribution in [0.15, 0.2) is 146 Å². The van der Waals surface area contributed by atoms with Crippen LogP contribution in [0.1, 0.15) is 0 Å². The van der Waals surface area contributed by atoms with E-state index in [1.807, 2.05) is 0 Å². The monoisotopic (exact) mass is 798 g/mol. The van der Waals surface area contributed by atoms with E-state index in [1.54, 1.807) is 60.7 Å². The van der Waals surface area contributed by atoms with E-state index in [-0.39, 0.29) is 21.7 Å². The molecule has 0 fully saturated rings. The number of fused-ring (bicyclic) bond motifs is 2. The van der Waals surface area contributed by atoms with Crippen LogP contribution < -0.4 is 31.8 Å². The molecule has 0 aliphatic carbocycles. The number of benzene rings is 8. The van der Waals surface area contributed by atoms with Crippen LogP contribution in [0.3, 0.4) is 0 Å². The number of rotatable bonds is 7. The Morgan fingerprint density at radius 2 is 0.554 bits per heavy atom. The van der Waals surface area contributed by atoms with Crippen molar-refractivity contribution in [1.29, 1.82) is 0 Å². The zero-order valence-corrected chi connectivity index (χ0v) is 30.4. The molecule has 56 heavy (non-hydrogen) atoms. The highest BCUT2D eigenvalue weighted by Crippen LogP contribution is 2.52. The standard InChI is InChI=1S/C44H24F8O2P2/c45-27-13-28(46)18-35(17-27)55(53,36-19-29(47)14-30(48)20-36)41-11-9-25-5-1-3-7-39(25)43(41)44-40-8-4-2-6-26(40)10-12-42(44)56(54,37-21-31(49)15-32(50)22-37)38-23-33(51)16-34(52)24-38/h1-24H. The molecule has 0 aliphatic rings. The third-order valence-corrected chi connectivity index (χ3v) is 15.6. The third-order valence-electron chi connectivity index (χ3n) is 9.59. The molecule has 8 aromatic rings. The Kier molecular flexibility index (Phi) is 9.31. The molecule has 0 atom stereocenters. The van der Waals surface area contributed by atoms with Crippen molar-refractivity contribution < 1.29 is 44.3 Å². The first-order chi connectivity index (χ1) is 26.7. The van der Waals surface area contributed by atoms with Crippen LogP contribution in [0.5, 0.6) is 0 Å². The van der Waals surface area contributed by atoms with Gasteiger partial charge >= 0.3 is 0 Å². The summed E-state index contributed by atoms with van der Waals surface area (Å²) in [5.41, 5.74) is 0.00287. The average molecular weight is 799 g/mol. The average Bonchev–Trinajstić information content (AvgIpc) is 3.15. The maximum atomic E-state index is 16.1. The predicted octanol–water partition coefficient (Wildman–Crippen LogP) is 10.1. The zero-order chi connectivity index (χ0) is 39.5. The van der Waals surface area contributed by atoms with Gasteiger partial charge in [-0.25, -0.2) is 35.1 Å². The van der Waals surface area contributed by atoms with Gasteiger partial charge < -0.3 is 9.13 Å². The molecule has 2 nitrogen and oxygen atoms in total. The van der Waals surface area contributed by atoms with Crippen LogP contribution in [0, 0.1) is 46.5 Å². The highest BCUT2D eigenvalue weighted by atomic mass is 31.2. The first-order valence-electron chi connectivity index (χ1n) is 16.9. The summed E-state index contributed by atoms with van der Waals surface area (Å²) in [5.74, 6) is -9.14. The van der Waals surface area contributed by atoms with Gasteiger partial charge in [0.05, 0.1) is 0 Å². The van der Waals surface area contributed by atoms with Gasteiger partial charge in [0.1, 0.15) is 46.5 Å². The normalized spacial score (nSPS) is 12.1. The molecule has 8 rings (SSSR count). The second-order valence-electron chi connectivity index (χ2n) is 13.1. The Morgan fingerprint density at radius 1 is 0.304 bits per heavy atom. The summed E-state index contributed by atoms with van der Waals surface area (Å²) in [6, 6.07) is 27.4. The van der Waals surface area contributed by atoms with Crippen molar-refractivity contribution in [2.75, 3.05) is 0 Å². The first kappa shape index (κ1) is 37.1. The summed E-state index contributed by atoms with van der Waals surface area (Å²) in [6.45, 7) is 0. The minimum Gasteiger partial charge on any atom is -0.309 e. The predicted molar refractivity (Wildman–Crippen MR) is 205 cm³/mol. The fourth-order valence-corrected chi connectivity index (χ4v) is 13.1. The summed E-state index contributed by atoms with van der Waals surface area (Å²) < 4.78 is 153. The SMILES string of the molecule is O=P(c1cc(F)cc(F)c1)(c1cc(F)cc(F)c1)c1ccc2ccccc2c1-c1c(P(=O)(c2cc(F)cc(F)c2)c2cc(F)cc(F)c2)ccc2ccccc12. The van der Waals surface area contributed by atoms with Crippen LogP contribution in [0.4, 0.5) is 35.1 Å². The van der Waals surface area contributed by atoms with E-state index in [2.05, 4.69) is 0 Å². The molecular formula is C44H24F8O2P2. The maximum absolute atomic E-state index is 16.1. The fraction of sp³-hybridized carbons (Fsp3) is 0. The third kappa shape index (κ3) is 6.33. The lowest BCUT2D eigenvalue weighted by Crippen LogP contribution is -2.31. The highest BCUT2D eigenvalue weighted by molar-refractivity contribution is 7.86. The Bertz CT molecular complexity index is 2610. The number of hydrogen-bond acceptors (Lipinski definition) is 2. The summed E-state index contributed by atoms with van der Waals surface area (Å²) in [4.78, 5) is 0. The molecule has 0 saturated carbocycles. The number of halogens is 8. The van der Waals surface area contributed by atoms with Crippen LogP contribution in [-0.2, 0) is 9.13 Å². The van der Waals surface area contributed by atoms with E-state index in [1.165, 1.54) is 12.1 Å². The van der Waals surface area contributed by atoms with Crippen molar-refractivity contribution in [2.45, 2.75) is 0 Å². The summed E-state index contributed by atoms with van der Waals surface area (Å²) >= 11 is 0. The quantitative estimate of drug-likeness (QED) is 0.119. The molecule has 0 heterocycles. The molecule has 278 valence electrons. The first-order valence-corrected chi connectivity index (χ1v) is 20.3.